The minimum Gasteiger partial charge on any atom is -0.339 e. The largest absolute Gasteiger partial charge is 0.389 e. The number of nitrogens with one attached hydrogen (secondary N) is 1. The number of hydrogen-bond acceptors (Lipinski definition) is 5. The Morgan fingerprint density at radius 1 is 1.33 bits per heavy atom. The van der Waals surface area contributed by atoms with Crippen molar-refractivity contribution in [3.63, 3.8) is 0 Å². The van der Waals surface area contributed by atoms with Crippen LogP contribution in [0.15, 0.2) is 29.3 Å². The van der Waals surface area contributed by atoms with Crippen molar-refractivity contribution < 1.29 is 22.5 Å². The maximum atomic E-state index is 13.9. The number of fused-ring (bicyclic) bond motifs is 1. The smallest absolute Gasteiger partial charge is 0.339 e. The molecule has 0 saturated carbocycles. The van der Waals surface area contributed by atoms with Crippen LogP contribution in [0.1, 0.15) is 17.9 Å². The van der Waals surface area contributed by atoms with Crippen LogP contribution in [0.4, 0.5) is 23.2 Å². The molecule has 3 aromatic heterocycles. The maximum absolute atomic E-state index is 13.9. The molecule has 12 heteroatoms. The molecule has 3 aromatic rings. The van der Waals surface area contributed by atoms with Crippen molar-refractivity contribution >= 4 is 16.7 Å². The molecule has 1 N–H and O–H groups in total. The zero-order valence-electron chi connectivity index (χ0n) is 13.5. The van der Waals surface area contributed by atoms with Gasteiger partial charge in [-0.05, 0) is 6.07 Å². The van der Waals surface area contributed by atoms with Crippen molar-refractivity contribution in [1.82, 2.24) is 19.5 Å². The summed E-state index contributed by atoms with van der Waals surface area (Å²) in [6.45, 7) is -0.257. The Kier molecular flexibility index (Phi) is 4.64. The van der Waals surface area contributed by atoms with Gasteiger partial charge in [-0.25, -0.2) is 9.37 Å². The lowest BCUT2D eigenvalue weighted by Crippen LogP contribution is -2.22. The van der Waals surface area contributed by atoms with Gasteiger partial charge in [-0.15, -0.1) is 0 Å². The lowest BCUT2D eigenvalue weighted by Gasteiger charge is -2.06. The second kappa shape index (κ2) is 6.78. The molecule has 0 amide bonds. The number of aromatic nitrogens is 4. The summed E-state index contributed by atoms with van der Waals surface area (Å²) in [6, 6.07) is 2.33. The third kappa shape index (κ3) is 3.93. The lowest BCUT2D eigenvalue weighted by molar-refractivity contribution is -0.386. The fourth-order valence-corrected chi connectivity index (χ4v) is 2.54. The summed E-state index contributed by atoms with van der Waals surface area (Å²) in [5, 5.41) is 10.8. The van der Waals surface area contributed by atoms with Gasteiger partial charge in [0, 0.05) is 25.1 Å². The highest BCUT2D eigenvalue weighted by atomic mass is 19.4. The highest BCUT2D eigenvalue weighted by Crippen LogP contribution is 2.25. The number of pyridine rings is 2. The van der Waals surface area contributed by atoms with Crippen molar-refractivity contribution in [3.05, 3.63) is 62.3 Å². The van der Waals surface area contributed by atoms with Crippen molar-refractivity contribution in [2.75, 3.05) is 0 Å². The fourth-order valence-electron chi connectivity index (χ4n) is 2.54. The first-order valence-electron chi connectivity index (χ1n) is 7.58. The van der Waals surface area contributed by atoms with Crippen LogP contribution in [-0.2, 0) is 13.0 Å². The van der Waals surface area contributed by atoms with E-state index < -0.39 is 41.0 Å². The second-order valence-corrected chi connectivity index (χ2v) is 5.66. The van der Waals surface area contributed by atoms with Gasteiger partial charge in [-0.1, -0.05) is 0 Å². The molecule has 3 heterocycles. The van der Waals surface area contributed by atoms with Gasteiger partial charge in [0.2, 0.25) is 0 Å². The van der Waals surface area contributed by atoms with Crippen LogP contribution in [-0.4, -0.2) is 30.6 Å². The number of imidazole rings is 1. The predicted molar refractivity (Wildman–Crippen MR) is 84.7 cm³/mol. The first-order chi connectivity index (χ1) is 12.7. The van der Waals surface area contributed by atoms with Gasteiger partial charge in [-0.2, -0.15) is 13.2 Å². The van der Waals surface area contributed by atoms with Gasteiger partial charge in [0.25, 0.3) is 0 Å². The van der Waals surface area contributed by atoms with E-state index in [4.69, 9.17) is 0 Å². The molecule has 0 fully saturated rings. The Morgan fingerprint density at radius 3 is 2.74 bits per heavy atom. The minimum atomic E-state index is -4.40. The molecule has 0 aliphatic heterocycles. The van der Waals surface area contributed by atoms with Crippen LogP contribution in [0.5, 0.6) is 0 Å². The molecule has 0 aliphatic carbocycles. The zero-order chi connectivity index (χ0) is 19.8. The molecule has 0 radical (unpaired) electrons. The summed E-state index contributed by atoms with van der Waals surface area (Å²) < 4.78 is 52.2. The van der Waals surface area contributed by atoms with Crippen molar-refractivity contribution in [2.24, 2.45) is 0 Å². The molecule has 142 valence electrons. The van der Waals surface area contributed by atoms with E-state index >= 15 is 0 Å². The maximum Gasteiger partial charge on any atom is 0.389 e. The number of nitro groups is 1. The molecule has 27 heavy (non-hydrogen) atoms. The van der Waals surface area contributed by atoms with Gasteiger partial charge in [-0.3, -0.25) is 19.9 Å². The topological polar surface area (TPSA) is 107 Å². The number of halogens is 4. The van der Waals surface area contributed by atoms with Crippen molar-refractivity contribution in [3.8, 4) is 0 Å². The zero-order valence-corrected chi connectivity index (χ0v) is 13.5. The Hall–Kier alpha value is -3.31. The molecular weight excluding hydrogens is 374 g/mol. The van der Waals surface area contributed by atoms with Gasteiger partial charge in [0.15, 0.2) is 5.82 Å². The monoisotopic (exact) mass is 385 g/mol. The molecule has 0 aliphatic rings. The Bertz CT molecular complexity index is 1070. The van der Waals surface area contributed by atoms with Gasteiger partial charge in [0.1, 0.15) is 11.3 Å². The fraction of sp³-hybridized carbons (Fsp3) is 0.267. The van der Waals surface area contributed by atoms with E-state index in [0.717, 1.165) is 16.8 Å². The van der Waals surface area contributed by atoms with E-state index in [1.165, 1.54) is 12.3 Å². The normalized spacial score (nSPS) is 11.9. The standard InChI is InChI=1S/C15H11F4N5O3/c16-8-6-20-9(3-4-15(17,18)19)13-12(8)21-11(22-13)7-23-5-1-2-10(14(23)25)24(26)27/h1-2,5-6H,3-4,7H2,(H,21,22). The van der Waals surface area contributed by atoms with Crippen molar-refractivity contribution in [1.29, 1.82) is 0 Å². The number of aromatic amines is 1. The van der Waals surface area contributed by atoms with Crippen LogP contribution in [0.2, 0.25) is 0 Å². The summed E-state index contributed by atoms with van der Waals surface area (Å²) in [5.41, 5.74) is -1.77. The van der Waals surface area contributed by atoms with E-state index in [0.29, 0.717) is 0 Å². The number of hydrogen-bond donors (Lipinski definition) is 1. The third-order valence-electron chi connectivity index (χ3n) is 3.76. The predicted octanol–water partition coefficient (Wildman–Crippen LogP) is 2.71. The Balaban J connectivity index is 1.98. The molecule has 8 nitrogen and oxygen atoms in total. The lowest BCUT2D eigenvalue weighted by atomic mass is 10.2. The molecular formula is C15H11F4N5O3. The first-order valence-corrected chi connectivity index (χ1v) is 7.58. The number of alkyl halides is 3. The van der Waals surface area contributed by atoms with Crippen LogP contribution >= 0.6 is 0 Å². The van der Waals surface area contributed by atoms with Gasteiger partial charge < -0.3 is 9.55 Å². The van der Waals surface area contributed by atoms with Crippen LogP contribution in [0, 0.1) is 15.9 Å². The number of H-pyrrole nitrogens is 1. The van der Waals surface area contributed by atoms with Gasteiger partial charge in [0.05, 0.1) is 28.9 Å². The highest BCUT2D eigenvalue weighted by molar-refractivity contribution is 5.77. The van der Waals surface area contributed by atoms with Gasteiger partial charge >= 0.3 is 17.4 Å². The van der Waals surface area contributed by atoms with E-state index in [9.17, 15) is 32.5 Å². The van der Waals surface area contributed by atoms with Crippen molar-refractivity contribution in [2.45, 2.75) is 25.6 Å². The highest BCUT2D eigenvalue weighted by Gasteiger charge is 2.28. The molecule has 0 unspecified atom stereocenters. The minimum absolute atomic E-state index is 0.00673. The first kappa shape index (κ1) is 18.5. The van der Waals surface area contributed by atoms with Crippen LogP contribution in [0.3, 0.4) is 0 Å². The number of nitrogens with zero attached hydrogens (tertiary/aromatic N) is 4. The molecule has 0 atom stereocenters. The summed E-state index contributed by atoms with van der Waals surface area (Å²) in [7, 11) is 0. The quantitative estimate of drug-likeness (QED) is 0.413. The van der Waals surface area contributed by atoms with E-state index in [1.54, 1.807) is 0 Å². The average molecular weight is 385 g/mol. The second-order valence-electron chi connectivity index (χ2n) is 5.66. The van der Waals surface area contributed by atoms with E-state index in [1.807, 2.05) is 0 Å². The summed E-state index contributed by atoms with van der Waals surface area (Å²) >= 11 is 0. The molecule has 0 saturated heterocycles. The molecule has 3 rings (SSSR count). The Labute approximate surface area is 147 Å². The Morgan fingerprint density at radius 2 is 2.07 bits per heavy atom. The molecule has 0 bridgehead atoms. The summed E-state index contributed by atoms with van der Waals surface area (Å²) in [5.74, 6) is -0.789. The van der Waals surface area contributed by atoms with E-state index in [-0.39, 0.29) is 29.1 Å². The summed E-state index contributed by atoms with van der Waals surface area (Å²) in [4.78, 5) is 32.3. The number of rotatable bonds is 5. The van der Waals surface area contributed by atoms with Crippen LogP contribution in [0.25, 0.3) is 11.0 Å². The molecule has 0 spiro atoms. The number of aryl methyl sites for hydroxylation is 1. The SMILES string of the molecule is O=c1c([N+](=O)[O-])cccn1Cc1nc2c(F)cnc(CCC(F)(F)F)c2[nH]1. The molecule has 0 aromatic carbocycles. The van der Waals surface area contributed by atoms with Crippen LogP contribution < -0.4 is 5.56 Å². The summed E-state index contributed by atoms with van der Waals surface area (Å²) in [6.07, 6.45) is -3.96. The third-order valence-corrected chi connectivity index (χ3v) is 3.76. The van der Waals surface area contributed by atoms with E-state index in [2.05, 4.69) is 15.0 Å². The average Bonchev–Trinajstić information content (AvgIpc) is 3.00.